The van der Waals surface area contributed by atoms with Gasteiger partial charge in [-0.2, -0.15) is 5.26 Å². The molecule has 4 nitrogen and oxygen atoms in total. The normalized spacial score (nSPS) is 10.0. The molecule has 1 aromatic rings. The van der Waals surface area contributed by atoms with E-state index in [-0.39, 0.29) is 6.54 Å². The number of carboxylic acids is 1. The number of hydrogen-bond donors (Lipinski definition) is 1. The third-order valence-electron chi connectivity index (χ3n) is 2.15. The average molecular weight is 218 g/mol. The fourth-order valence-electron chi connectivity index (χ4n) is 1.46. The fraction of sp³-hybridized carbons (Fsp3) is 0.333. The van der Waals surface area contributed by atoms with E-state index in [1.54, 1.807) is 4.90 Å². The number of nitriles is 1. The number of aliphatic carboxylic acids is 1. The second kappa shape index (κ2) is 6.59. The van der Waals surface area contributed by atoms with E-state index in [4.69, 9.17) is 10.4 Å². The van der Waals surface area contributed by atoms with Crippen LogP contribution in [-0.2, 0) is 11.3 Å². The molecule has 0 amide bonds. The van der Waals surface area contributed by atoms with Gasteiger partial charge in [-0.25, -0.2) is 0 Å². The van der Waals surface area contributed by atoms with E-state index in [1.165, 1.54) is 0 Å². The standard InChI is InChI=1S/C12H14N2O2/c13-7-4-8-14(10-12(15)16)9-11-5-2-1-3-6-11/h1-3,5-6H,4,8-10H2,(H,15,16). The monoisotopic (exact) mass is 218 g/mol. The molecule has 84 valence electrons. The second-order valence-corrected chi connectivity index (χ2v) is 3.50. The number of rotatable bonds is 6. The minimum Gasteiger partial charge on any atom is -0.480 e. The number of nitrogens with zero attached hydrogens (tertiary/aromatic N) is 2. The molecule has 0 aliphatic carbocycles. The van der Waals surface area contributed by atoms with E-state index in [0.29, 0.717) is 19.5 Å². The van der Waals surface area contributed by atoms with Crippen LogP contribution in [0, 0.1) is 11.3 Å². The van der Waals surface area contributed by atoms with Gasteiger partial charge in [0.25, 0.3) is 0 Å². The topological polar surface area (TPSA) is 64.3 Å². The summed E-state index contributed by atoms with van der Waals surface area (Å²) in [5.74, 6) is -0.867. The van der Waals surface area contributed by atoms with Crippen LogP contribution >= 0.6 is 0 Å². The van der Waals surface area contributed by atoms with Crippen LogP contribution in [0.25, 0.3) is 0 Å². The van der Waals surface area contributed by atoms with Gasteiger partial charge in [0.2, 0.25) is 0 Å². The first-order valence-electron chi connectivity index (χ1n) is 5.07. The number of hydrogen-bond acceptors (Lipinski definition) is 3. The van der Waals surface area contributed by atoms with Gasteiger partial charge in [-0.1, -0.05) is 30.3 Å². The Bertz CT molecular complexity index is 370. The van der Waals surface area contributed by atoms with Gasteiger partial charge in [0.1, 0.15) is 0 Å². The lowest BCUT2D eigenvalue weighted by Gasteiger charge is -2.18. The van der Waals surface area contributed by atoms with Crippen LogP contribution in [0.2, 0.25) is 0 Å². The third-order valence-corrected chi connectivity index (χ3v) is 2.15. The molecule has 0 unspecified atom stereocenters. The van der Waals surface area contributed by atoms with E-state index in [1.807, 2.05) is 36.4 Å². The highest BCUT2D eigenvalue weighted by molar-refractivity contribution is 5.69. The zero-order valence-electron chi connectivity index (χ0n) is 8.97. The molecule has 1 aromatic carbocycles. The van der Waals surface area contributed by atoms with Gasteiger partial charge in [-0.05, 0) is 5.56 Å². The van der Waals surface area contributed by atoms with Gasteiger partial charge in [0, 0.05) is 19.5 Å². The Labute approximate surface area is 94.7 Å². The van der Waals surface area contributed by atoms with Crippen LogP contribution in [0.3, 0.4) is 0 Å². The summed E-state index contributed by atoms with van der Waals surface area (Å²) in [7, 11) is 0. The van der Waals surface area contributed by atoms with Crippen LogP contribution in [0.4, 0.5) is 0 Å². The van der Waals surface area contributed by atoms with Crippen molar-refractivity contribution in [1.29, 1.82) is 5.26 Å². The summed E-state index contributed by atoms with van der Waals surface area (Å²) < 4.78 is 0. The summed E-state index contributed by atoms with van der Waals surface area (Å²) in [4.78, 5) is 12.4. The Morgan fingerprint density at radius 1 is 1.38 bits per heavy atom. The van der Waals surface area contributed by atoms with Gasteiger partial charge in [0.05, 0.1) is 12.6 Å². The van der Waals surface area contributed by atoms with Crippen molar-refractivity contribution in [3.8, 4) is 6.07 Å². The Balaban J connectivity index is 2.56. The summed E-state index contributed by atoms with van der Waals surface area (Å²) in [6.45, 7) is 1.02. The summed E-state index contributed by atoms with van der Waals surface area (Å²) >= 11 is 0. The lowest BCUT2D eigenvalue weighted by Crippen LogP contribution is -2.30. The van der Waals surface area contributed by atoms with Crippen molar-refractivity contribution < 1.29 is 9.90 Å². The predicted octanol–water partition coefficient (Wildman–Crippen LogP) is 1.49. The minimum atomic E-state index is -0.867. The number of carbonyl (C=O) groups is 1. The quantitative estimate of drug-likeness (QED) is 0.785. The van der Waals surface area contributed by atoms with Gasteiger partial charge >= 0.3 is 5.97 Å². The SMILES string of the molecule is N#CCCN(CC(=O)O)Cc1ccccc1. The van der Waals surface area contributed by atoms with E-state index in [9.17, 15) is 4.79 Å². The maximum absolute atomic E-state index is 10.6. The molecule has 0 bridgehead atoms. The van der Waals surface area contributed by atoms with E-state index in [0.717, 1.165) is 5.56 Å². The molecule has 0 atom stereocenters. The maximum atomic E-state index is 10.6. The maximum Gasteiger partial charge on any atom is 0.317 e. The van der Waals surface area contributed by atoms with Crippen molar-refractivity contribution in [2.24, 2.45) is 0 Å². The molecule has 16 heavy (non-hydrogen) atoms. The van der Waals surface area contributed by atoms with Crippen LogP contribution < -0.4 is 0 Å². The first kappa shape index (κ1) is 12.2. The van der Waals surface area contributed by atoms with Crippen molar-refractivity contribution >= 4 is 5.97 Å². The fourth-order valence-corrected chi connectivity index (χ4v) is 1.46. The zero-order valence-corrected chi connectivity index (χ0v) is 8.97. The summed E-state index contributed by atoms with van der Waals surface area (Å²) in [5, 5.41) is 17.2. The molecule has 0 aliphatic rings. The number of carboxylic acid groups (broad SMARTS) is 1. The van der Waals surface area contributed by atoms with E-state index < -0.39 is 5.97 Å². The average Bonchev–Trinajstić information content (AvgIpc) is 2.26. The molecule has 0 heterocycles. The molecule has 0 radical (unpaired) electrons. The highest BCUT2D eigenvalue weighted by Crippen LogP contribution is 2.04. The molecule has 0 saturated carbocycles. The minimum absolute atomic E-state index is 0.0312. The first-order chi connectivity index (χ1) is 7.72. The molecule has 0 aliphatic heterocycles. The molecule has 0 spiro atoms. The highest BCUT2D eigenvalue weighted by atomic mass is 16.4. The second-order valence-electron chi connectivity index (χ2n) is 3.50. The van der Waals surface area contributed by atoms with E-state index in [2.05, 4.69) is 0 Å². The Morgan fingerprint density at radius 3 is 2.62 bits per heavy atom. The Hall–Kier alpha value is -1.86. The Kier molecular flexibility index (Phi) is 5.03. The molecule has 1 rings (SSSR count). The van der Waals surface area contributed by atoms with Crippen LogP contribution in [0.1, 0.15) is 12.0 Å². The largest absolute Gasteiger partial charge is 0.480 e. The van der Waals surface area contributed by atoms with E-state index >= 15 is 0 Å². The zero-order chi connectivity index (χ0) is 11.8. The Morgan fingerprint density at radius 2 is 2.06 bits per heavy atom. The van der Waals surface area contributed by atoms with Crippen LogP contribution in [0.15, 0.2) is 30.3 Å². The lowest BCUT2D eigenvalue weighted by atomic mass is 10.2. The molecule has 0 saturated heterocycles. The van der Waals surface area contributed by atoms with Crippen LogP contribution in [0.5, 0.6) is 0 Å². The van der Waals surface area contributed by atoms with Gasteiger partial charge in [-0.3, -0.25) is 9.69 Å². The molecular weight excluding hydrogens is 204 g/mol. The lowest BCUT2D eigenvalue weighted by molar-refractivity contribution is -0.138. The highest BCUT2D eigenvalue weighted by Gasteiger charge is 2.09. The third kappa shape index (κ3) is 4.58. The smallest absolute Gasteiger partial charge is 0.317 e. The van der Waals surface area contributed by atoms with Crippen molar-refractivity contribution in [2.75, 3.05) is 13.1 Å². The van der Waals surface area contributed by atoms with Crippen molar-refractivity contribution in [2.45, 2.75) is 13.0 Å². The van der Waals surface area contributed by atoms with Crippen LogP contribution in [-0.4, -0.2) is 29.1 Å². The molecule has 0 aromatic heterocycles. The summed E-state index contributed by atoms with van der Waals surface area (Å²) in [5.41, 5.74) is 1.06. The summed E-state index contributed by atoms with van der Waals surface area (Å²) in [6, 6.07) is 11.7. The van der Waals surface area contributed by atoms with Gasteiger partial charge in [0.15, 0.2) is 0 Å². The molecule has 4 heteroatoms. The predicted molar refractivity (Wildman–Crippen MR) is 59.6 cm³/mol. The molecule has 0 fully saturated rings. The molecule has 1 N–H and O–H groups in total. The van der Waals surface area contributed by atoms with Gasteiger partial charge < -0.3 is 5.11 Å². The number of benzene rings is 1. The van der Waals surface area contributed by atoms with Crippen molar-refractivity contribution in [3.05, 3.63) is 35.9 Å². The molecular formula is C12H14N2O2. The van der Waals surface area contributed by atoms with Crippen molar-refractivity contribution in [3.63, 3.8) is 0 Å². The summed E-state index contributed by atoms with van der Waals surface area (Å²) in [6.07, 6.45) is 0.347. The van der Waals surface area contributed by atoms with Crippen molar-refractivity contribution in [1.82, 2.24) is 4.90 Å². The first-order valence-corrected chi connectivity index (χ1v) is 5.07. The van der Waals surface area contributed by atoms with Gasteiger partial charge in [-0.15, -0.1) is 0 Å².